The Balaban J connectivity index is -0.0000000146. The Morgan fingerprint density at radius 2 is 0.471 bits per heavy atom. The molecule has 0 rings (SSSR count). The van der Waals surface area contributed by atoms with Gasteiger partial charge in [0.2, 0.25) is 0 Å². The van der Waals surface area contributed by atoms with E-state index in [0.717, 1.165) is 0 Å². The second kappa shape index (κ2) is 104. The van der Waals surface area contributed by atoms with Gasteiger partial charge in [-0.1, -0.05) is 39.3 Å². The van der Waals surface area contributed by atoms with Crippen LogP contribution >= 0.6 is 0 Å². The molecule has 0 aromatic rings. The first-order valence-corrected chi connectivity index (χ1v) is 9.94. The zero-order valence-corrected chi connectivity index (χ0v) is 15.0. The standard InChI is InChI=1S/2C3H9Si.4CHO.Ru/c2*1-4(2)3;4*1-2;/h2*1-3H3;4*1H;/q;;4*-1;+4. The fourth-order valence-electron chi connectivity index (χ4n) is 0. The van der Waals surface area contributed by atoms with E-state index in [1.54, 1.807) is 0 Å². The van der Waals surface area contributed by atoms with Gasteiger partial charge in [-0.15, -0.1) is 0 Å². The summed E-state index contributed by atoms with van der Waals surface area (Å²) in [5.74, 6) is 0. The summed E-state index contributed by atoms with van der Waals surface area (Å²) in [7, 11) is 0.241. The average Bonchev–Trinajstić information content (AvgIpc) is 2.27. The Morgan fingerprint density at radius 1 is 0.471 bits per heavy atom. The van der Waals surface area contributed by atoms with Crippen LogP contribution in [0.4, 0.5) is 0 Å². The summed E-state index contributed by atoms with van der Waals surface area (Å²) in [6.45, 7) is 26.6. The smallest absolute Gasteiger partial charge is 0.545 e. The zero-order valence-electron chi connectivity index (χ0n) is 11.3. The van der Waals surface area contributed by atoms with E-state index in [1.165, 1.54) is 0 Å². The van der Waals surface area contributed by atoms with E-state index in [2.05, 4.69) is 66.4 Å². The second-order valence-corrected chi connectivity index (χ2v) is 9.00. The number of hydrogen-bond donors (Lipinski definition) is 0. The fraction of sp³-hybridized carbons (Fsp3) is 0.600. The Kier molecular flexibility index (Phi) is 267. The van der Waals surface area contributed by atoms with Crippen molar-refractivity contribution in [2.24, 2.45) is 0 Å². The first-order chi connectivity index (χ1) is 7.46. The maximum Gasteiger partial charge on any atom is 4.00 e. The first kappa shape index (κ1) is 43.7. The summed E-state index contributed by atoms with van der Waals surface area (Å²) in [6.07, 6.45) is 0. The van der Waals surface area contributed by atoms with Crippen molar-refractivity contribution in [2.75, 3.05) is 0 Å². The maximum atomic E-state index is 7.75. The van der Waals surface area contributed by atoms with Gasteiger partial charge >= 0.3 is 19.5 Å². The fourth-order valence-corrected chi connectivity index (χ4v) is 0. The SMILES string of the molecule is C[Si](C)C.C[Si](C)C.[CH-]=O.[CH-]=O.[CH-]=O.[CH-]=O.[Ru+4]. The Labute approximate surface area is 123 Å². The molecule has 0 aromatic heterocycles. The van der Waals surface area contributed by atoms with E-state index < -0.39 is 0 Å². The van der Waals surface area contributed by atoms with E-state index in [4.69, 9.17) is 19.2 Å². The molecule has 0 heterocycles. The van der Waals surface area contributed by atoms with Crippen molar-refractivity contribution in [3.05, 3.63) is 0 Å². The molecule has 0 aliphatic carbocycles. The van der Waals surface area contributed by atoms with Crippen LogP contribution in [0.15, 0.2) is 0 Å². The minimum atomic E-state index is 0. The van der Waals surface area contributed by atoms with Gasteiger partial charge in [0.1, 0.15) is 0 Å². The molecule has 0 fully saturated rings. The van der Waals surface area contributed by atoms with Gasteiger partial charge in [0.05, 0.1) is 0 Å². The van der Waals surface area contributed by atoms with Crippen molar-refractivity contribution in [1.29, 1.82) is 0 Å². The van der Waals surface area contributed by atoms with Gasteiger partial charge in [0.25, 0.3) is 0 Å². The number of hydrogen-bond acceptors (Lipinski definition) is 4. The molecule has 4 nitrogen and oxygen atoms in total. The van der Waals surface area contributed by atoms with Gasteiger partial charge in [-0.2, -0.15) is 0 Å². The minimum Gasteiger partial charge on any atom is -0.545 e. The molecule has 0 unspecified atom stereocenters. The summed E-state index contributed by atoms with van der Waals surface area (Å²) in [4.78, 5) is 31.0. The third kappa shape index (κ3) is 43000. The Bertz CT molecular complexity index is 69.2. The van der Waals surface area contributed by atoms with Crippen LogP contribution in [-0.2, 0) is 38.7 Å². The van der Waals surface area contributed by atoms with Crippen LogP contribution in [0.25, 0.3) is 0 Å². The minimum absolute atomic E-state index is 0. The quantitative estimate of drug-likeness (QED) is 0.373. The molecule has 0 aromatic carbocycles. The van der Waals surface area contributed by atoms with Crippen molar-refractivity contribution in [2.45, 2.75) is 39.3 Å². The molecule has 0 aliphatic rings. The summed E-state index contributed by atoms with van der Waals surface area (Å²) >= 11 is 0. The molecule has 0 bridgehead atoms. The van der Waals surface area contributed by atoms with Gasteiger partial charge in [-0.05, 0) is 0 Å². The molecule has 7 heteroatoms. The number of rotatable bonds is 0. The molecule has 0 amide bonds. The largest absolute Gasteiger partial charge is 4.00 e. The van der Waals surface area contributed by atoms with Crippen molar-refractivity contribution in [1.82, 2.24) is 0 Å². The average molecular weight is 364 g/mol. The second-order valence-electron chi connectivity index (χ2n) is 3.00. The van der Waals surface area contributed by atoms with Crippen LogP contribution in [0.3, 0.4) is 0 Å². The van der Waals surface area contributed by atoms with Gasteiger partial charge in [0, 0.05) is 17.6 Å². The van der Waals surface area contributed by atoms with Crippen LogP contribution in [0.5, 0.6) is 0 Å². The first-order valence-electron chi connectivity index (χ1n) is 3.94. The molecule has 0 N–H and O–H groups in total. The van der Waals surface area contributed by atoms with Gasteiger partial charge in [0.15, 0.2) is 0 Å². The molecule has 0 saturated heterocycles. The van der Waals surface area contributed by atoms with E-state index in [1.807, 2.05) is 0 Å². The number of carbonyl (C=O) groups excluding carboxylic acids is 4. The summed E-state index contributed by atoms with van der Waals surface area (Å²) < 4.78 is 0. The topological polar surface area (TPSA) is 68.3 Å². The van der Waals surface area contributed by atoms with Gasteiger partial charge in [-0.3, -0.25) is 27.2 Å². The van der Waals surface area contributed by atoms with Crippen LogP contribution in [0.2, 0.25) is 39.3 Å². The zero-order chi connectivity index (χ0) is 15.2. The van der Waals surface area contributed by atoms with E-state index in [9.17, 15) is 0 Å². The molecule has 17 heavy (non-hydrogen) atoms. The third-order valence-electron chi connectivity index (χ3n) is 0. The van der Waals surface area contributed by atoms with E-state index in [0.29, 0.717) is 0 Å². The summed E-state index contributed by atoms with van der Waals surface area (Å²) in [6, 6.07) is 0. The molecular weight excluding hydrogens is 341 g/mol. The summed E-state index contributed by atoms with van der Waals surface area (Å²) in [5, 5.41) is 0. The van der Waals surface area contributed by atoms with Crippen molar-refractivity contribution in [3.8, 4) is 0 Å². The molecule has 0 spiro atoms. The maximum absolute atomic E-state index is 7.75. The monoisotopic (exact) mass is 364 g/mol. The molecule has 2 radical (unpaired) electrons. The van der Waals surface area contributed by atoms with Crippen LogP contribution in [-0.4, -0.2) is 44.7 Å². The Morgan fingerprint density at radius 3 is 0.471 bits per heavy atom. The van der Waals surface area contributed by atoms with E-state index >= 15 is 0 Å². The van der Waals surface area contributed by atoms with Crippen LogP contribution in [0, 0.1) is 0 Å². The predicted octanol–water partition coefficient (Wildman–Crippen LogP) is 1.64. The third-order valence-corrected chi connectivity index (χ3v) is 0. The van der Waals surface area contributed by atoms with Crippen LogP contribution < -0.4 is 0 Å². The molecular formula is C10H22O4RuSi2. The summed E-state index contributed by atoms with van der Waals surface area (Å²) in [5.41, 5.74) is 0. The van der Waals surface area contributed by atoms with Crippen LogP contribution in [0.1, 0.15) is 0 Å². The normalized spacial score (nSPS) is 5.18. The molecule has 0 atom stereocenters. The van der Waals surface area contributed by atoms with E-state index in [-0.39, 0.29) is 37.1 Å². The van der Waals surface area contributed by atoms with Crippen molar-refractivity contribution in [3.63, 3.8) is 0 Å². The molecule has 0 saturated carbocycles. The molecule has 0 aliphatic heterocycles. The Hall–Kier alpha value is -0.263. The predicted molar refractivity (Wildman–Crippen MR) is 73.7 cm³/mol. The van der Waals surface area contributed by atoms with Crippen molar-refractivity contribution < 1.29 is 38.7 Å². The van der Waals surface area contributed by atoms with Gasteiger partial charge < -0.3 is 19.2 Å². The van der Waals surface area contributed by atoms with Gasteiger partial charge in [-0.25, -0.2) is 0 Å². The van der Waals surface area contributed by atoms with Crippen molar-refractivity contribution >= 4 is 44.7 Å². The molecule has 102 valence electrons.